The second-order valence-electron chi connectivity index (χ2n) is 6.65. The van der Waals surface area contributed by atoms with Gasteiger partial charge in [-0.15, -0.1) is 0 Å². The van der Waals surface area contributed by atoms with Crippen LogP contribution >= 0.6 is 0 Å². The number of nitrogens with zero attached hydrogens (tertiary/aromatic N) is 2. The Balaban J connectivity index is 1.93. The standard InChI is InChI=1S/C18H38N2O/c1-3-5-6-7-8-9-10-11-12-13-14-18-19(15-4-2)16-17-20(18)21/h18,21H,3-17H2,1-2H3. The highest BCUT2D eigenvalue weighted by molar-refractivity contribution is 4.76. The van der Waals surface area contributed by atoms with Crippen molar-refractivity contribution in [3.8, 4) is 0 Å². The van der Waals surface area contributed by atoms with E-state index in [0.29, 0.717) is 6.17 Å². The van der Waals surface area contributed by atoms with Crippen molar-refractivity contribution in [2.75, 3.05) is 19.6 Å². The molecule has 1 unspecified atom stereocenters. The molecule has 0 spiro atoms. The van der Waals surface area contributed by atoms with Crippen LogP contribution in [0.15, 0.2) is 0 Å². The van der Waals surface area contributed by atoms with Gasteiger partial charge in [-0.05, 0) is 19.4 Å². The SMILES string of the molecule is CCCCCCCCCCCCC1N(O)CCN1CCC. The lowest BCUT2D eigenvalue weighted by atomic mass is 10.1. The predicted molar refractivity (Wildman–Crippen MR) is 90.6 cm³/mol. The topological polar surface area (TPSA) is 26.7 Å². The van der Waals surface area contributed by atoms with Crippen LogP contribution in [-0.4, -0.2) is 41.0 Å². The van der Waals surface area contributed by atoms with Crippen LogP contribution in [0.4, 0.5) is 0 Å². The van der Waals surface area contributed by atoms with Crippen LogP contribution < -0.4 is 0 Å². The minimum atomic E-state index is 0.291. The zero-order valence-corrected chi connectivity index (χ0v) is 14.5. The van der Waals surface area contributed by atoms with E-state index in [9.17, 15) is 5.21 Å². The summed E-state index contributed by atoms with van der Waals surface area (Å²) in [5, 5.41) is 11.5. The lowest BCUT2D eigenvalue weighted by molar-refractivity contribution is -0.127. The highest BCUT2D eigenvalue weighted by atomic mass is 16.5. The molecule has 3 heteroatoms. The Bertz CT molecular complexity index is 233. The molecular weight excluding hydrogens is 260 g/mol. The number of hydrogen-bond donors (Lipinski definition) is 1. The maximum atomic E-state index is 9.92. The third kappa shape index (κ3) is 8.18. The summed E-state index contributed by atoms with van der Waals surface area (Å²) in [6.45, 7) is 7.48. The third-order valence-electron chi connectivity index (χ3n) is 4.71. The van der Waals surface area contributed by atoms with Gasteiger partial charge in [0, 0.05) is 13.1 Å². The van der Waals surface area contributed by atoms with E-state index in [1.165, 1.54) is 70.6 Å². The Morgan fingerprint density at radius 3 is 1.90 bits per heavy atom. The Hall–Kier alpha value is -0.120. The molecule has 1 aliphatic rings. The van der Waals surface area contributed by atoms with E-state index < -0.39 is 0 Å². The molecule has 0 saturated carbocycles. The molecule has 0 amide bonds. The van der Waals surface area contributed by atoms with E-state index in [0.717, 1.165) is 26.1 Å². The van der Waals surface area contributed by atoms with Crippen LogP contribution in [0.1, 0.15) is 90.9 Å². The second kappa shape index (κ2) is 12.4. The molecule has 1 heterocycles. The summed E-state index contributed by atoms with van der Waals surface area (Å²) in [4.78, 5) is 2.44. The Labute approximate surface area is 132 Å². The van der Waals surface area contributed by atoms with Gasteiger partial charge in [-0.2, -0.15) is 5.06 Å². The minimum Gasteiger partial charge on any atom is -0.312 e. The average Bonchev–Trinajstić information content (AvgIpc) is 2.82. The Morgan fingerprint density at radius 1 is 0.762 bits per heavy atom. The zero-order chi connectivity index (χ0) is 15.3. The summed E-state index contributed by atoms with van der Waals surface area (Å²) in [7, 11) is 0. The van der Waals surface area contributed by atoms with E-state index in [1.54, 1.807) is 5.06 Å². The quantitative estimate of drug-likeness (QED) is 0.482. The molecule has 1 N–H and O–H groups in total. The van der Waals surface area contributed by atoms with Crippen molar-refractivity contribution in [2.45, 2.75) is 97.1 Å². The van der Waals surface area contributed by atoms with Crippen LogP contribution in [0.2, 0.25) is 0 Å². The van der Waals surface area contributed by atoms with Gasteiger partial charge in [-0.25, -0.2) is 0 Å². The predicted octanol–water partition coefficient (Wildman–Crippen LogP) is 5.04. The fourth-order valence-corrected chi connectivity index (χ4v) is 3.41. The van der Waals surface area contributed by atoms with Crippen molar-refractivity contribution in [1.29, 1.82) is 0 Å². The first-order valence-electron chi connectivity index (χ1n) is 9.49. The van der Waals surface area contributed by atoms with Crippen LogP contribution in [0.25, 0.3) is 0 Å². The maximum Gasteiger partial charge on any atom is 0.0866 e. The van der Waals surface area contributed by atoms with Crippen molar-refractivity contribution in [1.82, 2.24) is 9.96 Å². The van der Waals surface area contributed by atoms with Gasteiger partial charge in [0.1, 0.15) is 0 Å². The van der Waals surface area contributed by atoms with Crippen molar-refractivity contribution in [2.24, 2.45) is 0 Å². The van der Waals surface area contributed by atoms with E-state index >= 15 is 0 Å². The van der Waals surface area contributed by atoms with E-state index in [4.69, 9.17) is 0 Å². The van der Waals surface area contributed by atoms with Crippen molar-refractivity contribution in [3.05, 3.63) is 0 Å². The molecule has 3 nitrogen and oxygen atoms in total. The van der Waals surface area contributed by atoms with Crippen LogP contribution in [0.3, 0.4) is 0 Å². The van der Waals surface area contributed by atoms with E-state index in [1.807, 2.05) is 0 Å². The summed E-state index contributed by atoms with van der Waals surface area (Å²) < 4.78 is 0. The maximum absolute atomic E-state index is 9.92. The van der Waals surface area contributed by atoms with Crippen molar-refractivity contribution < 1.29 is 5.21 Å². The molecule has 0 aromatic heterocycles. The number of unbranched alkanes of at least 4 members (excludes halogenated alkanes) is 9. The lowest BCUT2D eigenvalue weighted by Gasteiger charge is -2.26. The van der Waals surface area contributed by atoms with Gasteiger partial charge in [0.2, 0.25) is 0 Å². The molecular formula is C18H38N2O. The first kappa shape index (κ1) is 18.9. The molecule has 1 fully saturated rings. The summed E-state index contributed by atoms with van der Waals surface area (Å²) >= 11 is 0. The normalized spacial score (nSPS) is 20.4. The Morgan fingerprint density at radius 2 is 1.33 bits per heavy atom. The zero-order valence-electron chi connectivity index (χ0n) is 14.5. The number of hydrogen-bond acceptors (Lipinski definition) is 3. The first-order valence-corrected chi connectivity index (χ1v) is 9.49. The summed E-state index contributed by atoms with van der Waals surface area (Å²) in [5.74, 6) is 0. The highest BCUT2D eigenvalue weighted by Gasteiger charge is 2.29. The van der Waals surface area contributed by atoms with Crippen molar-refractivity contribution >= 4 is 0 Å². The third-order valence-corrected chi connectivity index (χ3v) is 4.71. The first-order chi connectivity index (χ1) is 10.3. The largest absolute Gasteiger partial charge is 0.312 e. The van der Waals surface area contributed by atoms with Gasteiger partial charge in [-0.3, -0.25) is 4.90 Å². The molecule has 0 radical (unpaired) electrons. The van der Waals surface area contributed by atoms with Gasteiger partial charge >= 0.3 is 0 Å². The molecule has 126 valence electrons. The average molecular weight is 299 g/mol. The monoisotopic (exact) mass is 298 g/mol. The van der Waals surface area contributed by atoms with Gasteiger partial charge < -0.3 is 5.21 Å². The van der Waals surface area contributed by atoms with Crippen molar-refractivity contribution in [3.63, 3.8) is 0 Å². The van der Waals surface area contributed by atoms with Gasteiger partial charge in [0.05, 0.1) is 6.17 Å². The molecule has 1 rings (SSSR count). The molecule has 0 aliphatic carbocycles. The molecule has 0 aromatic rings. The minimum absolute atomic E-state index is 0.291. The highest BCUT2D eigenvalue weighted by Crippen LogP contribution is 2.19. The van der Waals surface area contributed by atoms with Gasteiger partial charge in [-0.1, -0.05) is 78.1 Å². The number of hydroxylamine groups is 2. The fourth-order valence-electron chi connectivity index (χ4n) is 3.41. The number of rotatable bonds is 13. The van der Waals surface area contributed by atoms with Crippen LogP contribution in [0.5, 0.6) is 0 Å². The molecule has 0 aromatic carbocycles. The van der Waals surface area contributed by atoms with Gasteiger partial charge in [0.25, 0.3) is 0 Å². The fraction of sp³-hybridized carbons (Fsp3) is 1.00. The molecule has 1 aliphatic heterocycles. The van der Waals surface area contributed by atoms with Crippen LogP contribution in [-0.2, 0) is 0 Å². The van der Waals surface area contributed by atoms with E-state index in [2.05, 4.69) is 18.7 Å². The summed E-state index contributed by atoms with van der Waals surface area (Å²) in [6, 6.07) is 0. The smallest absolute Gasteiger partial charge is 0.0866 e. The molecule has 0 bridgehead atoms. The van der Waals surface area contributed by atoms with Gasteiger partial charge in [0.15, 0.2) is 0 Å². The van der Waals surface area contributed by atoms with Crippen LogP contribution in [0, 0.1) is 0 Å². The second-order valence-corrected chi connectivity index (χ2v) is 6.65. The molecule has 1 saturated heterocycles. The molecule has 1 atom stereocenters. The Kier molecular flexibility index (Phi) is 11.2. The lowest BCUT2D eigenvalue weighted by Crippen LogP contribution is -2.37. The summed E-state index contributed by atoms with van der Waals surface area (Å²) in [5.41, 5.74) is 0. The summed E-state index contributed by atoms with van der Waals surface area (Å²) in [6.07, 6.45) is 16.4. The molecule has 21 heavy (non-hydrogen) atoms. The van der Waals surface area contributed by atoms with E-state index in [-0.39, 0.29) is 0 Å².